The number of hydrogen-bond acceptors (Lipinski definition) is 3. The Balaban J connectivity index is 2.14. The Bertz CT molecular complexity index is 449. The summed E-state index contributed by atoms with van der Waals surface area (Å²) in [5.74, 6) is -2.98. The smallest absolute Gasteiger partial charge is 0.288 e. The zero-order valence-electron chi connectivity index (χ0n) is 9.53. The molecule has 2 rings (SSSR count). The second kappa shape index (κ2) is 5.24. The molecule has 1 saturated carbocycles. The second-order valence-electron chi connectivity index (χ2n) is 4.27. The third-order valence-electron chi connectivity index (χ3n) is 2.88. The Kier molecular flexibility index (Phi) is 3.87. The van der Waals surface area contributed by atoms with Crippen LogP contribution in [-0.2, 0) is 0 Å². The minimum Gasteiger partial charge on any atom is -0.394 e. The summed E-state index contributed by atoms with van der Waals surface area (Å²) in [6, 6.07) is 6.24. The monoisotopic (exact) mass is 273 g/mol. The number of rotatable bonds is 5. The molecule has 0 unspecified atom stereocenters. The highest BCUT2D eigenvalue weighted by Gasteiger charge is 2.43. The van der Waals surface area contributed by atoms with Crippen molar-refractivity contribution in [1.82, 2.24) is 5.32 Å². The first-order chi connectivity index (χ1) is 8.56. The molecule has 1 aromatic carbocycles. The number of amides is 1. The van der Waals surface area contributed by atoms with Crippen molar-refractivity contribution in [2.45, 2.75) is 29.0 Å². The van der Waals surface area contributed by atoms with E-state index in [1.807, 2.05) is 0 Å². The van der Waals surface area contributed by atoms with Gasteiger partial charge in [-0.2, -0.15) is 8.78 Å². The zero-order valence-corrected chi connectivity index (χ0v) is 10.3. The van der Waals surface area contributed by atoms with Gasteiger partial charge >= 0.3 is 0 Å². The fourth-order valence-electron chi connectivity index (χ4n) is 1.63. The van der Waals surface area contributed by atoms with Gasteiger partial charge in [-0.15, -0.1) is 0 Å². The standard InChI is InChI=1S/C12H13F2NO2S/c13-11(14)18-9-4-2-1-3-8(9)10(17)15-12(7-16)5-6-12/h1-4,11,16H,5-7H2,(H,15,17). The number of carbonyl (C=O) groups excluding carboxylic acids is 1. The molecule has 1 aliphatic rings. The molecule has 0 aliphatic heterocycles. The van der Waals surface area contributed by atoms with Crippen molar-refractivity contribution in [3.05, 3.63) is 29.8 Å². The average Bonchev–Trinajstić information content (AvgIpc) is 3.09. The molecule has 98 valence electrons. The molecule has 0 spiro atoms. The maximum Gasteiger partial charge on any atom is 0.288 e. The summed E-state index contributed by atoms with van der Waals surface area (Å²) in [7, 11) is 0. The molecule has 0 atom stereocenters. The first-order valence-electron chi connectivity index (χ1n) is 5.53. The number of carbonyl (C=O) groups is 1. The lowest BCUT2D eigenvalue weighted by Crippen LogP contribution is -2.39. The van der Waals surface area contributed by atoms with E-state index in [4.69, 9.17) is 5.11 Å². The lowest BCUT2D eigenvalue weighted by atomic mass is 10.2. The van der Waals surface area contributed by atoms with Crippen LogP contribution in [0.15, 0.2) is 29.2 Å². The summed E-state index contributed by atoms with van der Waals surface area (Å²) >= 11 is 0.351. The van der Waals surface area contributed by atoms with Gasteiger partial charge in [0.2, 0.25) is 0 Å². The van der Waals surface area contributed by atoms with Crippen molar-refractivity contribution in [2.75, 3.05) is 6.61 Å². The first-order valence-corrected chi connectivity index (χ1v) is 6.41. The molecule has 18 heavy (non-hydrogen) atoms. The number of aliphatic hydroxyl groups excluding tert-OH is 1. The van der Waals surface area contributed by atoms with Crippen LogP contribution in [-0.4, -0.2) is 28.9 Å². The van der Waals surface area contributed by atoms with Crippen LogP contribution in [0.1, 0.15) is 23.2 Å². The summed E-state index contributed by atoms with van der Waals surface area (Å²) in [6.45, 7) is -0.122. The number of thioether (sulfide) groups is 1. The summed E-state index contributed by atoms with van der Waals surface area (Å²) in [6.07, 6.45) is 1.44. The zero-order chi connectivity index (χ0) is 13.2. The topological polar surface area (TPSA) is 49.3 Å². The van der Waals surface area contributed by atoms with Crippen LogP contribution >= 0.6 is 11.8 Å². The van der Waals surface area contributed by atoms with Gasteiger partial charge in [0.25, 0.3) is 11.7 Å². The van der Waals surface area contributed by atoms with Gasteiger partial charge in [0.05, 0.1) is 17.7 Å². The van der Waals surface area contributed by atoms with Crippen molar-refractivity contribution in [1.29, 1.82) is 0 Å². The normalized spacial score (nSPS) is 16.7. The Labute approximate surface area is 108 Å². The molecule has 1 aromatic rings. The molecule has 0 bridgehead atoms. The molecule has 3 nitrogen and oxygen atoms in total. The van der Waals surface area contributed by atoms with Gasteiger partial charge in [-0.3, -0.25) is 4.79 Å². The van der Waals surface area contributed by atoms with Gasteiger partial charge in [-0.1, -0.05) is 23.9 Å². The summed E-state index contributed by atoms with van der Waals surface area (Å²) in [5, 5.41) is 11.8. The maximum atomic E-state index is 12.4. The molecule has 0 aromatic heterocycles. The molecule has 1 amide bonds. The van der Waals surface area contributed by atoms with E-state index in [-0.39, 0.29) is 17.1 Å². The van der Waals surface area contributed by atoms with E-state index in [2.05, 4.69) is 5.32 Å². The summed E-state index contributed by atoms with van der Waals surface area (Å²) in [5.41, 5.74) is -0.317. The minimum absolute atomic E-state index is 0.122. The van der Waals surface area contributed by atoms with Crippen molar-refractivity contribution in [3.8, 4) is 0 Å². The van der Waals surface area contributed by atoms with Gasteiger partial charge in [-0.05, 0) is 25.0 Å². The van der Waals surface area contributed by atoms with Crippen LogP contribution in [0, 0.1) is 0 Å². The Morgan fingerprint density at radius 2 is 2.11 bits per heavy atom. The molecule has 1 aliphatic carbocycles. The largest absolute Gasteiger partial charge is 0.394 e. The summed E-state index contributed by atoms with van der Waals surface area (Å²) in [4.78, 5) is 12.2. The third-order valence-corrected chi connectivity index (χ3v) is 3.67. The Morgan fingerprint density at radius 1 is 1.44 bits per heavy atom. The van der Waals surface area contributed by atoms with Gasteiger partial charge < -0.3 is 10.4 Å². The maximum absolute atomic E-state index is 12.4. The number of benzene rings is 1. The molecule has 6 heteroatoms. The molecule has 2 N–H and O–H groups in total. The van der Waals surface area contributed by atoms with E-state index in [1.165, 1.54) is 12.1 Å². The fraction of sp³-hybridized carbons (Fsp3) is 0.417. The van der Waals surface area contributed by atoms with E-state index in [0.29, 0.717) is 11.8 Å². The summed E-state index contributed by atoms with van der Waals surface area (Å²) < 4.78 is 24.7. The number of hydrogen-bond donors (Lipinski definition) is 2. The van der Waals surface area contributed by atoms with Crippen molar-refractivity contribution in [3.63, 3.8) is 0 Å². The van der Waals surface area contributed by atoms with Crippen LogP contribution in [0.3, 0.4) is 0 Å². The highest BCUT2D eigenvalue weighted by molar-refractivity contribution is 7.99. The highest BCUT2D eigenvalue weighted by Crippen LogP contribution is 2.35. The highest BCUT2D eigenvalue weighted by atomic mass is 32.2. The quantitative estimate of drug-likeness (QED) is 0.809. The number of nitrogens with one attached hydrogen (secondary N) is 1. The van der Waals surface area contributed by atoms with Gasteiger partial charge in [0, 0.05) is 4.90 Å². The second-order valence-corrected chi connectivity index (χ2v) is 5.30. The van der Waals surface area contributed by atoms with E-state index >= 15 is 0 Å². The number of alkyl halides is 2. The Morgan fingerprint density at radius 3 is 2.67 bits per heavy atom. The van der Waals surface area contributed by atoms with E-state index in [9.17, 15) is 13.6 Å². The SMILES string of the molecule is O=C(NC1(CO)CC1)c1ccccc1SC(F)F. The molecular weight excluding hydrogens is 260 g/mol. The van der Waals surface area contributed by atoms with Crippen molar-refractivity contribution >= 4 is 17.7 Å². The average molecular weight is 273 g/mol. The van der Waals surface area contributed by atoms with E-state index in [0.717, 1.165) is 12.8 Å². The molecule has 0 heterocycles. The molecule has 1 fully saturated rings. The van der Waals surface area contributed by atoms with Crippen LogP contribution in [0.25, 0.3) is 0 Å². The molecule has 0 saturated heterocycles. The van der Waals surface area contributed by atoms with Crippen molar-refractivity contribution < 1.29 is 18.7 Å². The number of aliphatic hydroxyl groups is 1. The third kappa shape index (κ3) is 3.00. The van der Waals surface area contributed by atoms with Crippen LogP contribution in [0.4, 0.5) is 8.78 Å². The van der Waals surface area contributed by atoms with Crippen LogP contribution in [0.2, 0.25) is 0 Å². The van der Waals surface area contributed by atoms with Gasteiger partial charge in [-0.25, -0.2) is 0 Å². The predicted molar refractivity (Wildman–Crippen MR) is 64.8 cm³/mol. The van der Waals surface area contributed by atoms with Crippen LogP contribution < -0.4 is 5.32 Å². The molecule has 0 radical (unpaired) electrons. The first kappa shape index (κ1) is 13.3. The molecular formula is C12H13F2NO2S. The lowest BCUT2D eigenvalue weighted by Gasteiger charge is -2.15. The lowest BCUT2D eigenvalue weighted by molar-refractivity contribution is 0.0904. The van der Waals surface area contributed by atoms with E-state index < -0.39 is 17.2 Å². The van der Waals surface area contributed by atoms with Crippen LogP contribution in [0.5, 0.6) is 0 Å². The minimum atomic E-state index is -2.56. The predicted octanol–water partition coefficient (Wildman–Crippen LogP) is 2.26. The number of halogens is 2. The van der Waals surface area contributed by atoms with Gasteiger partial charge in [0.15, 0.2) is 0 Å². The van der Waals surface area contributed by atoms with Crippen molar-refractivity contribution in [2.24, 2.45) is 0 Å². The fourth-order valence-corrected chi connectivity index (χ4v) is 2.27. The Hall–Kier alpha value is -1.14. The van der Waals surface area contributed by atoms with E-state index in [1.54, 1.807) is 12.1 Å². The van der Waals surface area contributed by atoms with Gasteiger partial charge in [0.1, 0.15) is 0 Å².